The molecule has 0 radical (unpaired) electrons. The fraction of sp³-hybridized carbons (Fsp3) is 0.133. The molecule has 2 aromatic heterocycles. The molecule has 0 aliphatic carbocycles. The highest BCUT2D eigenvalue weighted by molar-refractivity contribution is 7.09. The zero-order chi connectivity index (χ0) is 14.5. The minimum absolute atomic E-state index is 0.462. The maximum absolute atomic E-state index is 5.67. The molecule has 0 N–H and O–H groups in total. The number of aryl methyl sites for hydroxylation is 1. The monoisotopic (exact) mass is 299 g/mol. The molecule has 0 bridgehead atoms. The Morgan fingerprint density at radius 1 is 1.10 bits per heavy atom. The molecule has 3 aromatic rings. The minimum Gasteiger partial charge on any atom is -0.487 e. The SMILES string of the molecule is Cc1nc(COc2ccc(Oc3cnccn3)cc2)cs1. The third-order valence-corrected chi connectivity index (χ3v) is 3.46. The molecule has 1 aromatic carbocycles. The van der Waals surface area contributed by atoms with Crippen LogP contribution in [0.25, 0.3) is 0 Å². The first-order valence-corrected chi connectivity index (χ1v) is 7.25. The highest BCUT2D eigenvalue weighted by Crippen LogP contribution is 2.22. The Bertz CT molecular complexity index is 698. The van der Waals surface area contributed by atoms with Crippen LogP contribution in [0.3, 0.4) is 0 Å². The van der Waals surface area contributed by atoms with E-state index >= 15 is 0 Å². The van der Waals surface area contributed by atoms with Gasteiger partial charge in [-0.1, -0.05) is 0 Å². The van der Waals surface area contributed by atoms with Gasteiger partial charge in [0.05, 0.1) is 16.9 Å². The molecule has 0 aliphatic rings. The van der Waals surface area contributed by atoms with Crippen molar-refractivity contribution in [3.8, 4) is 17.4 Å². The first kappa shape index (κ1) is 13.5. The number of ether oxygens (including phenoxy) is 2. The number of rotatable bonds is 5. The second kappa shape index (κ2) is 6.32. The molecule has 0 amide bonds. The zero-order valence-electron chi connectivity index (χ0n) is 11.4. The van der Waals surface area contributed by atoms with Gasteiger partial charge < -0.3 is 9.47 Å². The summed E-state index contributed by atoms with van der Waals surface area (Å²) in [5, 5.41) is 3.04. The van der Waals surface area contributed by atoms with Crippen LogP contribution in [0.5, 0.6) is 17.4 Å². The Morgan fingerprint density at radius 3 is 2.57 bits per heavy atom. The van der Waals surface area contributed by atoms with Gasteiger partial charge in [-0.3, -0.25) is 4.98 Å². The van der Waals surface area contributed by atoms with E-state index in [0.717, 1.165) is 16.5 Å². The van der Waals surface area contributed by atoms with Crippen LogP contribution >= 0.6 is 11.3 Å². The maximum Gasteiger partial charge on any atom is 0.237 e. The molecule has 0 aliphatic heterocycles. The predicted octanol–water partition coefficient (Wildman–Crippen LogP) is 3.61. The van der Waals surface area contributed by atoms with E-state index in [1.54, 1.807) is 29.9 Å². The molecule has 0 spiro atoms. The normalized spacial score (nSPS) is 10.3. The van der Waals surface area contributed by atoms with Crippen molar-refractivity contribution in [2.45, 2.75) is 13.5 Å². The number of benzene rings is 1. The first-order valence-electron chi connectivity index (χ1n) is 6.37. The molecular formula is C15H13N3O2S. The zero-order valence-corrected chi connectivity index (χ0v) is 12.2. The number of nitrogens with zero attached hydrogens (tertiary/aromatic N) is 3. The summed E-state index contributed by atoms with van der Waals surface area (Å²) in [4.78, 5) is 12.3. The second-order valence-electron chi connectivity index (χ2n) is 4.26. The van der Waals surface area contributed by atoms with Gasteiger partial charge in [0, 0.05) is 17.8 Å². The van der Waals surface area contributed by atoms with Crippen LogP contribution in [0, 0.1) is 6.92 Å². The van der Waals surface area contributed by atoms with Crippen molar-refractivity contribution in [2.75, 3.05) is 0 Å². The second-order valence-corrected chi connectivity index (χ2v) is 5.33. The van der Waals surface area contributed by atoms with Gasteiger partial charge in [0.2, 0.25) is 5.88 Å². The Labute approximate surface area is 126 Å². The van der Waals surface area contributed by atoms with Gasteiger partial charge in [-0.25, -0.2) is 9.97 Å². The van der Waals surface area contributed by atoms with E-state index in [4.69, 9.17) is 9.47 Å². The summed E-state index contributed by atoms with van der Waals surface area (Å²) in [6, 6.07) is 7.36. The number of hydrogen-bond acceptors (Lipinski definition) is 6. The van der Waals surface area contributed by atoms with Crippen molar-refractivity contribution in [1.29, 1.82) is 0 Å². The van der Waals surface area contributed by atoms with Crippen LogP contribution in [0.1, 0.15) is 10.7 Å². The molecule has 0 saturated heterocycles. The van der Waals surface area contributed by atoms with Gasteiger partial charge >= 0.3 is 0 Å². The molecular weight excluding hydrogens is 286 g/mol. The van der Waals surface area contributed by atoms with Crippen molar-refractivity contribution in [3.63, 3.8) is 0 Å². The molecule has 0 unspecified atom stereocenters. The highest BCUT2D eigenvalue weighted by Gasteiger charge is 2.02. The average Bonchev–Trinajstić information content (AvgIpc) is 2.93. The van der Waals surface area contributed by atoms with Crippen LogP contribution < -0.4 is 9.47 Å². The molecule has 0 saturated carbocycles. The van der Waals surface area contributed by atoms with Crippen LogP contribution in [-0.4, -0.2) is 15.0 Å². The van der Waals surface area contributed by atoms with Crippen LogP contribution in [0.4, 0.5) is 0 Å². The first-order chi connectivity index (χ1) is 10.3. The van der Waals surface area contributed by atoms with E-state index < -0.39 is 0 Å². The van der Waals surface area contributed by atoms with E-state index in [1.807, 2.05) is 36.6 Å². The molecule has 6 heteroatoms. The van der Waals surface area contributed by atoms with Crippen LogP contribution in [-0.2, 0) is 6.61 Å². The van der Waals surface area contributed by atoms with Crippen molar-refractivity contribution in [1.82, 2.24) is 15.0 Å². The predicted molar refractivity (Wildman–Crippen MR) is 79.7 cm³/mol. The highest BCUT2D eigenvalue weighted by atomic mass is 32.1. The summed E-state index contributed by atoms with van der Waals surface area (Å²) in [5.41, 5.74) is 0.942. The Balaban J connectivity index is 1.59. The molecule has 106 valence electrons. The summed E-state index contributed by atoms with van der Waals surface area (Å²) >= 11 is 1.62. The third kappa shape index (κ3) is 3.76. The lowest BCUT2D eigenvalue weighted by atomic mass is 10.3. The Kier molecular flexibility index (Phi) is 4.07. The maximum atomic E-state index is 5.67. The van der Waals surface area contributed by atoms with E-state index in [9.17, 15) is 0 Å². The molecule has 2 heterocycles. The average molecular weight is 299 g/mol. The summed E-state index contributed by atoms with van der Waals surface area (Å²) in [5.74, 6) is 1.92. The van der Waals surface area contributed by atoms with Gasteiger partial charge in [-0.2, -0.15) is 0 Å². The number of thiazole rings is 1. The molecule has 0 atom stereocenters. The third-order valence-electron chi connectivity index (χ3n) is 2.64. The molecule has 5 nitrogen and oxygen atoms in total. The lowest BCUT2D eigenvalue weighted by Crippen LogP contribution is -1.95. The Morgan fingerprint density at radius 2 is 1.90 bits per heavy atom. The van der Waals surface area contributed by atoms with E-state index in [2.05, 4.69) is 15.0 Å². The van der Waals surface area contributed by atoms with Crippen molar-refractivity contribution < 1.29 is 9.47 Å². The van der Waals surface area contributed by atoms with Crippen molar-refractivity contribution >= 4 is 11.3 Å². The van der Waals surface area contributed by atoms with Gasteiger partial charge in [0.1, 0.15) is 18.1 Å². The van der Waals surface area contributed by atoms with E-state index in [-0.39, 0.29) is 0 Å². The standard InChI is InChI=1S/C15H13N3O2S/c1-11-18-12(10-21-11)9-19-13-2-4-14(5-3-13)20-15-8-16-6-7-17-15/h2-8,10H,9H2,1H3. The largest absolute Gasteiger partial charge is 0.487 e. The van der Waals surface area contributed by atoms with Crippen molar-refractivity contribution in [2.24, 2.45) is 0 Å². The van der Waals surface area contributed by atoms with E-state index in [0.29, 0.717) is 18.2 Å². The van der Waals surface area contributed by atoms with Gasteiger partial charge in [-0.05, 0) is 31.2 Å². The van der Waals surface area contributed by atoms with E-state index in [1.165, 1.54) is 0 Å². The minimum atomic E-state index is 0.462. The lowest BCUT2D eigenvalue weighted by Gasteiger charge is -2.06. The van der Waals surface area contributed by atoms with Crippen LogP contribution in [0.15, 0.2) is 48.2 Å². The number of hydrogen-bond donors (Lipinski definition) is 0. The fourth-order valence-corrected chi connectivity index (χ4v) is 2.29. The quantitative estimate of drug-likeness (QED) is 0.720. The summed E-state index contributed by atoms with van der Waals surface area (Å²) < 4.78 is 11.2. The summed E-state index contributed by atoms with van der Waals surface area (Å²) in [6.45, 7) is 2.45. The van der Waals surface area contributed by atoms with Gasteiger partial charge in [0.25, 0.3) is 0 Å². The fourth-order valence-electron chi connectivity index (χ4n) is 1.69. The lowest BCUT2D eigenvalue weighted by molar-refractivity contribution is 0.301. The van der Waals surface area contributed by atoms with Crippen LogP contribution in [0.2, 0.25) is 0 Å². The molecule has 21 heavy (non-hydrogen) atoms. The van der Waals surface area contributed by atoms with Gasteiger partial charge in [0.15, 0.2) is 0 Å². The van der Waals surface area contributed by atoms with Crippen molar-refractivity contribution in [3.05, 3.63) is 58.9 Å². The topological polar surface area (TPSA) is 57.1 Å². The molecule has 0 fully saturated rings. The Hall–Kier alpha value is -2.47. The smallest absolute Gasteiger partial charge is 0.237 e. The summed E-state index contributed by atoms with van der Waals surface area (Å²) in [7, 11) is 0. The van der Waals surface area contributed by atoms with Gasteiger partial charge in [-0.15, -0.1) is 11.3 Å². The molecule has 3 rings (SSSR count). The summed E-state index contributed by atoms with van der Waals surface area (Å²) in [6.07, 6.45) is 4.75. The number of aromatic nitrogens is 3.